The summed E-state index contributed by atoms with van der Waals surface area (Å²) in [6, 6.07) is 0. The second kappa shape index (κ2) is 5.99. The first kappa shape index (κ1) is 17.7. The summed E-state index contributed by atoms with van der Waals surface area (Å²) in [5, 5.41) is 19.1. The lowest BCUT2D eigenvalue weighted by Gasteiger charge is -2.58. The van der Waals surface area contributed by atoms with Crippen LogP contribution in [0.5, 0.6) is 0 Å². The topological polar surface area (TPSA) is 66.8 Å². The number of allylic oxidation sites excluding steroid dienone is 1. The van der Waals surface area contributed by atoms with Crippen molar-refractivity contribution in [2.75, 3.05) is 0 Å². The fraction of sp³-hybridized carbons (Fsp3) is 0.750. The van der Waals surface area contributed by atoms with Crippen LogP contribution in [0.1, 0.15) is 59.3 Å². The van der Waals surface area contributed by atoms with Crippen molar-refractivity contribution >= 4 is 5.97 Å². The number of aliphatic carboxylic acids is 1. The number of ether oxygens (including phenoxy) is 1. The van der Waals surface area contributed by atoms with Crippen LogP contribution in [0.4, 0.5) is 0 Å². The van der Waals surface area contributed by atoms with E-state index in [1.54, 1.807) is 0 Å². The molecule has 5 atom stereocenters. The number of carboxylic acid groups (broad SMARTS) is 1. The smallest absolute Gasteiger partial charge is 0.334 e. The van der Waals surface area contributed by atoms with E-state index < -0.39 is 18.4 Å². The zero-order valence-corrected chi connectivity index (χ0v) is 15.0. The first-order valence-corrected chi connectivity index (χ1v) is 9.11. The zero-order valence-electron chi connectivity index (χ0n) is 15.0. The Bertz CT molecular complexity index is 576. The number of hydrogen-bond acceptors (Lipinski definition) is 3. The van der Waals surface area contributed by atoms with E-state index in [0.717, 1.165) is 12.8 Å². The third-order valence-electron chi connectivity index (χ3n) is 6.99. The Balaban J connectivity index is 1.87. The molecule has 3 rings (SSSR count). The van der Waals surface area contributed by atoms with Gasteiger partial charge in [-0.3, -0.25) is 0 Å². The summed E-state index contributed by atoms with van der Waals surface area (Å²) in [5.74, 6) is -0.129. The van der Waals surface area contributed by atoms with E-state index in [0.29, 0.717) is 17.8 Å². The first-order chi connectivity index (χ1) is 11.1. The molecule has 1 heterocycles. The highest BCUT2D eigenvalue weighted by molar-refractivity contribution is 5.88. The molecule has 1 aliphatic heterocycles. The van der Waals surface area contributed by atoms with Crippen LogP contribution in [0.25, 0.3) is 0 Å². The van der Waals surface area contributed by atoms with Crippen molar-refractivity contribution in [3.8, 4) is 0 Å². The molecule has 0 bridgehead atoms. The van der Waals surface area contributed by atoms with Gasteiger partial charge in [0.1, 0.15) is 0 Å². The van der Waals surface area contributed by atoms with Crippen molar-refractivity contribution in [3.05, 3.63) is 23.8 Å². The van der Waals surface area contributed by atoms with Crippen molar-refractivity contribution in [1.29, 1.82) is 0 Å². The molecule has 2 N–H and O–H groups in total. The second-order valence-electron chi connectivity index (χ2n) is 8.83. The molecule has 0 saturated heterocycles. The van der Waals surface area contributed by atoms with Gasteiger partial charge in [-0.2, -0.15) is 0 Å². The van der Waals surface area contributed by atoms with Crippen LogP contribution in [0, 0.1) is 22.7 Å². The Morgan fingerprint density at radius 1 is 1.38 bits per heavy atom. The SMILES string of the molecule is C=C1CC[C@H]2C(C)(C)CCC[C@]2(C)[C@H]1CC1OC(O)C=C1C(=O)O. The van der Waals surface area contributed by atoms with E-state index in [9.17, 15) is 15.0 Å². The average Bonchev–Trinajstić information content (AvgIpc) is 2.83. The number of fused-ring (bicyclic) bond motifs is 1. The Labute approximate surface area is 144 Å². The summed E-state index contributed by atoms with van der Waals surface area (Å²) < 4.78 is 5.50. The third kappa shape index (κ3) is 2.84. The Morgan fingerprint density at radius 3 is 2.75 bits per heavy atom. The quantitative estimate of drug-likeness (QED) is 0.768. The van der Waals surface area contributed by atoms with Crippen LogP contribution in [0.3, 0.4) is 0 Å². The molecule has 0 spiro atoms. The Kier molecular flexibility index (Phi) is 4.42. The molecule has 2 unspecified atom stereocenters. The number of aliphatic hydroxyl groups excluding tert-OH is 1. The van der Waals surface area contributed by atoms with Crippen molar-refractivity contribution in [3.63, 3.8) is 0 Å². The second-order valence-corrected chi connectivity index (χ2v) is 8.83. The molecular weight excluding hydrogens is 304 g/mol. The van der Waals surface area contributed by atoms with Crippen molar-refractivity contribution in [2.24, 2.45) is 22.7 Å². The van der Waals surface area contributed by atoms with Gasteiger partial charge in [0.15, 0.2) is 6.29 Å². The molecule has 3 aliphatic rings. The summed E-state index contributed by atoms with van der Waals surface area (Å²) in [7, 11) is 0. The van der Waals surface area contributed by atoms with Crippen LogP contribution in [-0.2, 0) is 9.53 Å². The highest BCUT2D eigenvalue weighted by Gasteiger charge is 2.53. The molecule has 2 saturated carbocycles. The molecule has 4 heteroatoms. The van der Waals surface area contributed by atoms with Gasteiger partial charge in [0, 0.05) is 0 Å². The highest BCUT2D eigenvalue weighted by Crippen LogP contribution is 2.62. The molecule has 0 radical (unpaired) electrons. The van der Waals surface area contributed by atoms with E-state index in [4.69, 9.17) is 4.74 Å². The van der Waals surface area contributed by atoms with E-state index in [2.05, 4.69) is 27.4 Å². The van der Waals surface area contributed by atoms with E-state index >= 15 is 0 Å². The minimum Gasteiger partial charge on any atom is -0.478 e. The van der Waals surface area contributed by atoms with Crippen molar-refractivity contribution < 1.29 is 19.7 Å². The zero-order chi connectivity index (χ0) is 17.7. The lowest BCUT2D eigenvalue weighted by molar-refractivity contribution is -0.135. The molecule has 134 valence electrons. The minimum absolute atomic E-state index is 0.137. The maximum atomic E-state index is 11.5. The maximum absolute atomic E-state index is 11.5. The van der Waals surface area contributed by atoms with Gasteiger partial charge in [0.05, 0.1) is 11.7 Å². The number of carbonyl (C=O) groups is 1. The van der Waals surface area contributed by atoms with Gasteiger partial charge < -0.3 is 14.9 Å². The largest absolute Gasteiger partial charge is 0.478 e. The highest BCUT2D eigenvalue weighted by atomic mass is 16.6. The minimum atomic E-state index is -1.11. The van der Waals surface area contributed by atoms with Gasteiger partial charge in [-0.15, -0.1) is 0 Å². The number of carboxylic acids is 1. The summed E-state index contributed by atoms with van der Waals surface area (Å²) in [6.45, 7) is 11.4. The Morgan fingerprint density at radius 2 is 2.08 bits per heavy atom. The predicted octanol–water partition coefficient (Wildman–Crippen LogP) is 3.90. The van der Waals surface area contributed by atoms with Crippen LogP contribution in [0.15, 0.2) is 23.8 Å². The fourth-order valence-electron chi connectivity index (χ4n) is 5.86. The van der Waals surface area contributed by atoms with Crippen molar-refractivity contribution in [1.82, 2.24) is 0 Å². The summed E-state index contributed by atoms with van der Waals surface area (Å²) in [5.41, 5.74) is 1.86. The molecule has 0 aromatic heterocycles. The normalized spacial score (nSPS) is 41.7. The molecule has 4 nitrogen and oxygen atoms in total. The Hall–Kier alpha value is -1.13. The monoisotopic (exact) mass is 334 g/mol. The molecule has 2 fully saturated rings. The van der Waals surface area contributed by atoms with Crippen LogP contribution in [0.2, 0.25) is 0 Å². The van der Waals surface area contributed by atoms with Crippen molar-refractivity contribution in [2.45, 2.75) is 71.7 Å². The predicted molar refractivity (Wildman–Crippen MR) is 92.3 cm³/mol. The average molecular weight is 334 g/mol. The van der Waals surface area contributed by atoms with Gasteiger partial charge in [-0.05, 0) is 60.8 Å². The fourth-order valence-corrected chi connectivity index (χ4v) is 5.86. The third-order valence-corrected chi connectivity index (χ3v) is 6.99. The number of hydrogen-bond donors (Lipinski definition) is 2. The number of aliphatic hydroxyl groups is 1. The molecule has 0 aromatic rings. The molecule has 0 amide bonds. The van der Waals surface area contributed by atoms with Gasteiger partial charge in [0.2, 0.25) is 0 Å². The van der Waals surface area contributed by atoms with Crippen LogP contribution in [-0.4, -0.2) is 28.6 Å². The van der Waals surface area contributed by atoms with Crippen LogP contribution < -0.4 is 0 Å². The molecule has 2 aliphatic carbocycles. The molecule has 24 heavy (non-hydrogen) atoms. The first-order valence-electron chi connectivity index (χ1n) is 9.11. The van der Waals surface area contributed by atoms with Gasteiger partial charge in [-0.25, -0.2) is 4.79 Å². The summed E-state index contributed by atoms with van der Waals surface area (Å²) in [6.07, 6.45) is 6.09. The standard InChI is InChI=1S/C20H30O4/c1-12-6-7-16-19(2,3)8-5-9-20(16,4)14(12)11-15-13(18(22)23)10-17(21)24-15/h10,14-17,21H,1,5-9,11H2,2-4H3,(H,22,23)/t14-,15?,16-,17?,20+/m0/s1. The van der Waals surface area contributed by atoms with Crippen LogP contribution >= 0.6 is 0 Å². The van der Waals surface area contributed by atoms with Gasteiger partial charge >= 0.3 is 5.97 Å². The van der Waals surface area contributed by atoms with E-state index in [1.165, 1.54) is 30.9 Å². The molecule has 0 aromatic carbocycles. The summed E-state index contributed by atoms with van der Waals surface area (Å²) >= 11 is 0. The van der Waals surface area contributed by atoms with Gasteiger partial charge in [-0.1, -0.05) is 39.3 Å². The summed E-state index contributed by atoms with van der Waals surface area (Å²) in [4.78, 5) is 11.5. The molecular formula is C20H30O4. The van der Waals surface area contributed by atoms with Gasteiger partial charge in [0.25, 0.3) is 0 Å². The number of rotatable bonds is 3. The van der Waals surface area contributed by atoms with E-state index in [-0.39, 0.29) is 16.9 Å². The lowest BCUT2D eigenvalue weighted by Crippen LogP contribution is -2.50. The lowest BCUT2D eigenvalue weighted by atomic mass is 9.47. The maximum Gasteiger partial charge on any atom is 0.334 e. The van der Waals surface area contributed by atoms with E-state index in [1.807, 2.05) is 0 Å².